The minimum Gasteiger partial charge on any atom is -0.437 e. The van der Waals surface area contributed by atoms with Gasteiger partial charge in [0.25, 0.3) is 0 Å². The number of amides is 1. The number of fused-ring (bicyclic) bond motifs is 1. The van der Waals surface area contributed by atoms with Gasteiger partial charge in [-0.3, -0.25) is 4.79 Å². The average molecular weight is 390 g/mol. The van der Waals surface area contributed by atoms with E-state index < -0.39 is 0 Å². The number of anilines is 1. The molecule has 0 radical (unpaired) electrons. The van der Waals surface area contributed by atoms with Crippen molar-refractivity contribution in [2.24, 2.45) is 0 Å². The molecule has 0 aliphatic rings. The Labute approximate surface area is 166 Å². The summed E-state index contributed by atoms with van der Waals surface area (Å²) < 4.78 is 5.95. The molecule has 0 saturated heterocycles. The number of hydrogen-bond donors (Lipinski definition) is 1. The van der Waals surface area contributed by atoms with Crippen molar-refractivity contribution < 1.29 is 9.53 Å². The second-order valence-electron chi connectivity index (χ2n) is 6.21. The Morgan fingerprint density at radius 2 is 1.57 bits per heavy atom. The fraction of sp³-hybridized carbons (Fsp3) is 0.0455. The second-order valence-corrected chi connectivity index (χ2v) is 6.65. The van der Waals surface area contributed by atoms with E-state index in [9.17, 15) is 4.79 Å². The molecule has 0 saturated carbocycles. The van der Waals surface area contributed by atoms with E-state index in [4.69, 9.17) is 16.3 Å². The van der Waals surface area contributed by atoms with Crippen LogP contribution in [0.1, 0.15) is 6.92 Å². The molecule has 0 atom stereocenters. The Morgan fingerprint density at radius 3 is 2.25 bits per heavy atom. The maximum absolute atomic E-state index is 11.1. The quantitative estimate of drug-likeness (QED) is 0.486. The number of halogens is 1. The Morgan fingerprint density at radius 1 is 0.893 bits per heavy atom. The van der Waals surface area contributed by atoms with Gasteiger partial charge in [0.15, 0.2) is 0 Å². The Kier molecular flexibility index (Phi) is 4.91. The lowest BCUT2D eigenvalue weighted by Crippen LogP contribution is -2.05. The first-order chi connectivity index (χ1) is 13.6. The number of carbonyl (C=O) groups is 1. The predicted octanol–water partition coefficient (Wildman–Crippen LogP) is 5.70. The smallest absolute Gasteiger partial charge is 0.246 e. The summed E-state index contributed by atoms with van der Waals surface area (Å²) in [5, 5.41) is 13.9. The van der Waals surface area contributed by atoms with Crippen LogP contribution in [0.2, 0.25) is 5.02 Å². The van der Waals surface area contributed by atoms with Crippen LogP contribution in [0, 0.1) is 0 Å². The van der Waals surface area contributed by atoms with E-state index in [0.29, 0.717) is 22.3 Å². The molecule has 1 amide bonds. The standard InChI is InChI=1S/C22H16ClN3O2/c1-14(27)24-17-10-12-18(13-11-17)28-22-20-5-3-2-4-19(20)21(25-26-22)15-6-8-16(23)9-7-15/h2-13H,1H3,(H,24,27). The summed E-state index contributed by atoms with van der Waals surface area (Å²) in [4.78, 5) is 11.1. The van der Waals surface area contributed by atoms with Crippen molar-refractivity contribution in [3.8, 4) is 22.9 Å². The highest BCUT2D eigenvalue weighted by atomic mass is 35.5. The van der Waals surface area contributed by atoms with Gasteiger partial charge >= 0.3 is 0 Å². The number of benzene rings is 3. The molecule has 1 aromatic heterocycles. The molecule has 3 aromatic carbocycles. The van der Waals surface area contributed by atoms with Crippen LogP contribution in [0.15, 0.2) is 72.8 Å². The SMILES string of the molecule is CC(=O)Nc1ccc(Oc2nnc(-c3ccc(Cl)cc3)c3ccccc23)cc1. The molecule has 1 N–H and O–H groups in total. The van der Waals surface area contributed by atoms with Gasteiger partial charge < -0.3 is 10.1 Å². The number of ether oxygens (including phenoxy) is 1. The van der Waals surface area contributed by atoms with Crippen molar-refractivity contribution in [3.63, 3.8) is 0 Å². The minimum atomic E-state index is -0.122. The van der Waals surface area contributed by atoms with E-state index in [2.05, 4.69) is 15.5 Å². The van der Waals surface area contributed by atoms with E-state index in [1.54, 1.807) is 24.3 Å². The van der Waals surface area contributed by atoms with Gasteiger partial charge in [0.2, 0.25) is 11.8 Å². The van der Waals surface area contributed by atoms with E-state index in [1.807, 2.05) is 48.5 Å². The van der Waals surface area contributed by atoms with E-state index >= 15 is 0 Å². The fourth-order valence-electron chi connectivity index (χ4n) is 2.90. The van der Waals surface area contributed by atoms with E-state index in [-0.39, 0.29) is 5.91 Å². The molecule has 4 rings (SSSR count). The third kappa shape index (κ3) is 3.80. The Bertz CT molecular complexity index is 1140. The molecule has 4 aromatic rings. The highest BCUT2D eigenvalue weighted by Crippen LogP contribution is 2.33. The monoisotopic (exact) mass is 389 g/mol. The molecule has 0 fully saturated rings. The summed E-state index contributed by atoms with van der Waals surface area (Å²) in [7, 11) is 0. The van der Waals surface area contributed by atoms with Gasteiger partial charge in [-0.2, -0.15) is 0 Å². The zero-order chi connectivity index (χ0) is 19.5. The number of carbonyl (C=O) groups excluding carboxylic acids is 1. The molecule has 1 heterocycles. The molecule has 0 unspecified atom stereocenters. The summed E-state index contributed by atoms with van der Waals surface area (Å²) in [6.07, 6.45) is 0. The summed E-state index contributed by atoms with van der Waals surface area (Å²) >= 11 is 5.99. The molecular weight excluding hydrogens is 374 g/mol. The summed E-state index contributed by atoms with van der Waals surface area (Å²) in [5.41, 5.74) is 2.40. The van der Waals surface area contributed by atoms with Gasteiger partial charge in [0.1, 0.15) is 11.4 Å². The lowest BCUT2D eigenvalue weighted by molar-refractivity contribution is -0.114. The molecule has 0 spiro atoms. The van der Waals surface area contributed by atoms with Crippen molar-refractivity contribution in [1.29, 1.82) is 0 Å². The highest BCUT2D eigenvalue weighted by Gasteiger charge is 2.12. The second kappa shape index (κ2) is 7.66. The van der Waals surface area contributed by atoms with E-state index in [1.165, 1.54) is 6.92 Å². The van der Waals surface area contributed by atoms with Crippen LogP contribution in [-0.4, -0.2) is 16.1 Å². The first kappa shape index (κ1) is 17.9. The zero-order valence-electron chi connectivity index (χ0n) is 15.0. The highest BCUT2D eigenvalue weighted by molar-refractivity contribution is 6.30. The number of rotatable bonds is 4. The zero-order valence-corrected chi connectivity index (χ0v) is 15.8. The first-order valence-corrected chi connectivity index (χ1v) is 9.05. The van der Waals surface area contributed by atoms with Crippen LogP contribution in [0.25, 0.3) is 22.0 Å². The molecule has 0 aliphatic carbocycles. The van der Waals surface area contributed by atoms with Crippen LogP contribution < -0.4 is 10.1 Å². The molecule has 5 nitrogen and oxygen atoms in total. The number of aromatic nitrogens is 2. The molecule has 0 bridgehead atoms. The van der Waals surface area contributed by atoms with Gasteiger partial charge in [-0.05, 0) is 42.5 Å². The van der Waals surface area contributed by atoms with Crippen molar-refractivity contribution in [2.75, 3.05) is 5.32 Å². The van der Waals surface area contributed by atoms with Crippen molar-refractivity contribution in [1.82, 2.24) is 10.2 Å². The third-order valence-corrected chi connectivity index (χ3v) is 4.41. The normalized spacial score (nSPS) is 10.6. The predicted molar refractivity (Wildman–Crippen MR) is 111 cm³/mol. The van der Waals surface area contributed by atoms with Gasteiger partial charge in [0.05, 0.1) is 0 Å². The largest absolute Gasteiger partial charge is 0.437 e. The maximum Gasteiger partial charge on any atom is 0.246 e. The number of nitrogens with zero attached hydrogens (tertiary/aromatic N) is 2. The topological polar surface area (TPSA) is 64.1 Å². The van der Waals surface area contributed by atoms with Crippen LogP contribution in [0.3, 0.4) is 0 Å². The first-order valence-electron chi connectivity index (χ1n) is 8.67. The minimum absolute atomic E-state index is 0.122. The fourth-order valence-corrected chi connectivity index (χ4v) is 3.02. The van der Waals surface area contributed by atoms with E-state index in [0.717, 1.165) is 22.0 Å². The van der Waals surface area contributed by atoms with Crippen LogP contribution in [-0.2, 0) is 4.79 Å². The number of hydrogen-bond acceptors (Lipinski definition) is 4. The van der Waals surface area contributed by atoms with Crippen LogP contribution >= 0.6 is 11.6 Å². The van der Waals surface area contributed by atoms with Crippen molar-refractivity contribution in [3.05, 3.63) is 77.8 Å². The maximum atomic E-state index is 11.1. The van der Waals surface area contributed by atoms with Crippen LogP contribution in [0.4, 0.5) is 5.69 Å². The Hall–Kier alpha value is -3.44. The van der Waals surface area contributed by atoms with Gasteiger partial charge in [0, 0.05) is 34.0 Å². The Balaban J connectivity index is 1.70. The molecule has 0 aliphatic heterocycles. The molecule has 138 valence electrons. The van der Waals surface area contributed by atoms with Crippen molar-refractivity contribution >= 4 is 34.0 Å². The average Bonchev–Trinajstić information content (AvgIpc) is 2.70. The summed E-state index contributed by atoms with van der Waals surface area (Å²) in [5.74, 6) is 0.900. The van der Waals surface area contributed by atoms with Crippen molar-refractivity contribution in [2.45, 2.75) is 6.92 Å². The summed E-state index contributed by atoms with van der Waals surface area (Å²) in [6, 6.07) is 22.4. The molecule has 6 heteroatoms. The summed E-state index contributed by atoms with van der Waals surface area (Å²) in [6.45, 7) is 1.47. The third-order valence-electron chi connectivity index (χ3n) is 4.16. The van der Waals surface area contributed by atoms with Gasteiger partial charge in [-0.15, -0.1) is 10.2 Å². The van der Waals surface area contributed by atoms with Crippen LogP contribution in [0.5, 0.6) is 11.6 Å². The lowest BCUT2D eigenvalue weighted by atomic mass is 10.1. The lowest BCUT2D eigenvalue weighted by Gasteiger charge is -2.11. The van der Waals surface area contributed by atoms with Gasteiger partial charge in [-0.25, -0.2) is 0 Å². The number of nitrogens with one attached hydrogen (secondary N) is 1. The molecular formula is C22H16ClN3O2. The van der Waals surface area contributed by atoms with Gasteiger partial charge in [-0.1, -0.05) is 41.9 Å². The molecule has 28 heavy (non-hydrogen) atoms.